The van der Waals surface area contributed by atoms with Crippen molar-refractivity contribution in [1.29, 1.82) is 0 Å². The second-order valence-corrected chi connectivity index (χ2v) is 4.52. The number of nitrogens with one attached hydrogen (secondary N) is 2. The first-order valence-electron chi connectivity index (χ1n) is 6.41. The molecule has 0 atom stereocenters. The standard InChI is InChI=1S/C14H20N2O3/c1-18-13(19-2)9-16-14(17)11-3-4-12-8-15-6-5-10(12)7-11/h3-4,7,13,15H,5-6,8-9H2,1-2H3,(H,16,17). The first kappa shape index (κ1) is 14.0. The van der Waals surface area contributed by atoms with E-state index in [9.17, 15) is 4.79 Å². The largest absolute Gasteiger partial charge is 0.354 e. The zero-order valence-electron chi connectivity index (χ0n) is 11.4. The third-order valence-corrected chi connectivity index (χ3v) is 3.31. The molecule has 0 fully saturated rings. The van der Waals surface area contributed by atoms with Crippen LogP contribution in [0.4, 0.5) is 0 Å². The van der Waals surface area contributed by atoms with Crippen LogP contribution in [0.15, 0.2) is 18.2 Å². The molecule has 5 heteroatoms. The maximum atomic E-state index is 12.0. The highest BCUT2D eigenvalue weighted by Gasteiger charge is 2.13. The summed E-state index contributed by atoms with van der Waals surface area (Å²) in [6.45, 7) is 2.19. The molecule has 1 aromatic carbocycles. The van der Waals surface area contributed by atoms with E-state index in [1.54, 1.807) is 14.2 Å². The van der Waals surface area contributed by atoms with Crippen LogP contribution in [0, 0.1) is 0 Å². The van der Waals surface area contributed by atoms with E-state index in [0.717, 1.165) is 19.5 Å². The van der Waals surface area contributed by atoms with Gasteiger partial charge in [0.05, 0.1) is 6.54 Å². The van der Waals surface area contributed by atoms with E-state index >= 15 is 0 Å². The maximum absolute atomic E-state index is 12.0. The molecule has 2 rings (SSSR count). The molecule has 0 aliphatic carbocycles. The second kappa shape index (κ2) is 6.65. The Morgan fingerprint density at radius 2 is 2.16 bits per heavy atom. The molecule has 5 nitrogen and oxygen atoms in total. The molecule has 1 aliphatic rings. The number of benzene rings is 1. The molecule has 1 aromatic rings. The van der Waals surface area contributed by atoms with E-state index in [2.05, 4.69) is 10.6 Å². The van der Waals surface area contributed by atoms with Crippen molar-refractivity contribution in [2.45, 2.75) is 19.3 Å². The van der Waals surface area contributed by atoms with Crippen LogP contribution in [-0.4, -0.2) is 39.5 Å². The Hall–Kier alpha value is -1.43. The Morgan fingerprint density at radius 1 is 1.37 bits per heavy atom. The van der Waals surface area contributed by atoms with Crippen LogP contribution in [0.1, 0.15) is 21.5 Å². The van der Waals surface area contributed by atoms with Crippen molar-refractivity contribution in [1.82, 2.24) is 10.6 Å². The van der Waals surface area contributed by atoms with Crippen molar-refractivity contribution in [3.05, 3.63) is 34.9 Å². The first-order chi connectivity index (χ1) is 9.24. The number of carbonyl (C=O) groups excluding carboxylic acids is 1. The maximum Gasteiger partial charge on any atom is 0.251 e. The molecule has 19 heavy (non-hydrogen) atoms. The molecule has 0 radical (unpaired) electrons. The zero-order chi connectivity index (χ0) is 13.7. The lowest BCUT2D eigenvalue weighted by Crippen LogP contribution is -2.34. The van der Waals surface area contributed by atoms with Gasteiger partial charge in [0.15, 0.2) is 6.29 Å². The summed E-state index contributed by atoms with van der Waals surface area (Å²) in [6, 6.07) is 5.84. The van der Waals surface area contributed by atoms with Crippen molar-refractivity contribution in [3.63, 3.8) is 0 Å². The number of hydrogen-bond acceptors (Lipinski definition) is 4. The summed E-state index contributed by atoms with van der Waals surface area (Å²) >= 11 is 0. The van der Waals surface area contributed by atoms with Gasteiger partial charge in [0, 0.05) is 26.3 Å². The number of hydrogen-bond donors (Lipinski definition) is 2. The van der Waals surface area contributed by atoms with Crippen molar-refractivity contribution < 1.29 is 14.3 Å². The van der Waals surface area contributed by atoms with E-state index in [4.69, 9.17) is 9.47 Å². The minimum atomic E-state index is -0.411. The smallest absolute Gasteiger partial charge is 0.251 e. The fraction of sp³-hybridized carbons (Fsp3) is 0.500. The number of rotatable bonds is 5. The third kappa shape index (κ3) is 3.53. The molecular formula is C14H20N2O3. The van der Waals surface area contributed by atoms with Gasteiger partial charge in [-0.25, -0.2) is 0 Å². The monoisotopic (exact) mass is 264 g/mol. The van der Waals surface area contributed by atoms with Crippen molar-refractivity contribution in [2.24, 2.45) is 0 Å². The van der Waals surface area contributed by atoms with Gasteiger partial charge in [-0.05, 0) is 36.2 Å². The summed E-state index contributed by atoms with van der Waals surface area (Å²) in [4.78, 5) is 12.0. The fourth-order valence-corrected chi connectivity index (χ4v) is 2.16. The van der Waals surface area contributed by atoms with Gasteiger partial charge in [-0.3, -0.25) is 4.79 Å². The Balaban J connectivity index is 1.99. The van der Waals surface area contributed by atoms with Crippen LogP contribution >= 0.6 is 0 Å². The molecule has 0 saturated carbocycles. The van der Waals surface area contributed by atoms with Gasteiger partial charge in [0.2, 0.25) is 0 Å². The summed E-state index contributed by atoms with van der Waals surface area (Å²) in [5.74, 6) is -0.0968. The van der Waals surface area contributed by atoms with Crippen LogP contribution in [0.3, 0.4) is 0 Å². The molecule has 1 heterocycles. The minimum Gasteiger partial charge on any atom is -0.354 e. The van der Waals surface area contributed by atoms with Crippen molar-refractivity contribution in [2.75, 3.05) is 27.3 Å². The third-order valence-electron chi connectivity index (χ3n) is 3.31. The first-order valence-corrected chi connectivity index (χ1v) is 6.41. The quantitative estimate of drug-likeness (QED) is 0.768. The lowest BCUT2D eigenvalue weighted by Gasteiger charge is -2.18. The molecule has 0 spiro atoms. The van der Waals surface area contributed by atoms with Crippen molar-refractivity contribution >= 4 is 5.91 Å². The van der Waals surface area contributed by atoms with Gasteiger partial charge in [0.1, 0.15) is 0 Å². The number of fused-ring (bicyclic) bond motifs is 1. The normalized spacial score (nSPS) is 14.3. The van der Waals surface area contributed by atoms with Gasteiger partial charge in [-0.2, -0.15) is 0 Å². The lowest BCUT2D eigenvalue weighted by atomic mass is 9.98. The summed E-state index contributed by atoms with van der Waals surface area (Å²) in [5, 5.41) is 6.11. The lowest BCUT2D eigenvalue weighted by molar-refractivity contribution is -0.0974. The average molecular weight is 264 g/mol. The fourth-order valence-electron chi connectivity index (χ4n) is 2.16. The highest BCUT2D eigenvalue weighted by atomic mass is 16.7. The molecule has 2 N–H and O–H groups in total. The number of amides is 1. The Bertz CT molecular complexity index is 444. The molecule has 0 saturated heterocycles. The van der Waals surface area contributed by atoms with Crippen molar-refractivity contribution in [3.8, 4) is 0 Å². The molecule has 0 aromatic heterocycles. The predicted molar refractivity (Wildman–Crippen MR) is 72.0 cm³/mol. The summed E-state index contributed by atoms with van der Waals surface area (Å²) in [7, 11) is 3.10. The summed E-state index contributed by atoms with van der Waals surface area (Å²) < 4.78 is 10.1. The molecule has 0 bridgehead atoms. The van der Waals surface area contributed by atoms with E-state index in [-0.39, 0.29) is 5.91 Å². The van der Waals surface area contributed by atoms with Crippen LogP contribution in [0.25, 0.3) is 0 Å². The predicted octanol–water partition coefficient (Wildman–Crippen LogP) is 0.681. The minimum absolute atomic E-state index is 0.0968. The molecular weight excluding hydrogens is 244 g/mol. The number of ether oxygens (including phenoxy) is 2. The Kier molecular flexibility index (Phi) is 4.90. The second-order valence-electron chi connectivity index (χ2n) is 4.52. The SMILES string of the molecule is COC(CNC(=O)c1ccc2c(c1)CCNC2)OC. The van der Waals surface area contributed by atoms with E-state index < -0.39 is 6.29 Å². The van der Waals surface area contributed by atoms with Crippen LogP contribution in [0.2, 0.25) is 0 Å². The molecule has 1 aliphatic heterocycles. The molecule has 0 unspecified atom stereocenters. The van der Waals surface area contributed by atoms with Crippen LogP contribution in [-0.2, 0) is 22.4 Å². The van der Waals surface area contributed by atoms with E-state index in [1.165, 1.54) is 11.1 Å². The van der Waals surface area contributed by atoms with Crippen LogP contribution in [0.5, 0.6) is 0 Å². The van der Waals surface area contributed by atoms with E-state index in [0.29, 0.717) is 12.1 Å². The molecule has 1 amide bonds. The van der Waals surface area contributed by atoms with Gasteiger partial charge in [0.25, 0.3) is 5.91 Å². The summed E-state index contributed by atoms with van der Waals surface area (Å²) in [5.41, 5.74) is 3.21. The number of carbonyl (C=O) groups is 1. The topological polar surface area (TPSA) is 59.6 Å². The number of methoxy groups -OCH3 is 2. The zero-order valence-corrected chi connectivity index (χ0v) is 11.4. The Labute approximate surface area is 113 Å². The van der Waals surface area contributed by atoms with Gasteiger partial charge in [-0.1, -0.05) is 6.07 Å². The Morgan fingerprint density at radius 3 is 2.89 bits per heavy atom. The molecule has 104 valence electrons. The van der Waals surface area contributed by atoms with E-state index in [1.807, 2.05) is 18.2 Å². The van der Waals surface area contributed by atoms with Crippen LogP contribution < -0.4 is 10.6 Å². The highest BCUT2D eigenvalue weighted by molar-refractivity contribution is 5.94. The average Bonchev–Trinajstić information content (AvgIpc) is 2.47. The van der Waals surface area contributed by atoms with Gasteiger partial charge in [-0.15, -0.1) is 0 Å². The van der Waals surface area contributed by atoms with Gasteiger partial charge < -0.3 is 20.1 Å². The van der Waals surface area contributed by atoms with Gasteiger partial charge >= 0.3 is 0 Å². The summed E-state index contributed by atoms with van der Waals surface area (Å²) in [6.07, 6.45) is 0.556. The highest BCUT2D eigenvalue weighted by Crippen LogP contribution is 2.15.